The van der Waals surface area contributed by atoms with Gasteiger partial charge in [0.15, 0.2) is 0 Å². The zero-order chi connectivity index (χ0) is 14.7. The molecule has 0 saturated carbocycles. The quantitative estimate of drug-likeness (QED) is 0.509. The summed E-state index contributed by atoms with van der Waals surface area (Å²) in [5.74, 6) is -0.351. The van der Waals surface area contributed by atoms with Crippen molar-refractivity contribution in [3.05, 3.63) is 63.7 Å². The second-order valence-electron chi connectivity index (χ2n) is 4.35. The lowest BCUT2D eigenvalue weighted by molar-refractivity contribution is -0.384. The van der Waals surface area contributed by atoms with Crippen LogP contribution in [0.3, 0.4) is 0 Å². The number of amides is 1. The highest BCUT2D eigenvalue weighted by Gasteiger charge is 2.11. The molecule has 0 bridgehead atoms. The zero-order valence-corrected chi connectivity index (χ0v) is 10.8. The predicted molar refractivity (Wildman–Crippen MR) is 76.6 cm³/mol. The third-order valence-electron chi connectivity index (χ3n) is 2.79. The van der Waals surface area contributed by atoms with Crippen molar-refractivity contribution in [1.29, 1.82) is 0 Å². The minimum Gasteiger partial charge on any atom is -0.398 e. The number of nitro benzene ring substituents is 1. The second-order valence-corrected chi connectivity index (χ2v) is 4.35. The fourth-order valence-electron chi connectivity index (χ4n) is 1.75. The Balaban J connectivity index is 2.17. The largest absolute Gasteiger partial charge is 0.398 e. The van der Waals surface area contributed by atoms with E-state index in [0.29, 0.717) is 16.9 Å². The molecule has 2 aromatic carbocycles. The Bertz CT molecular complexity index is 666. The van der Waals surface area contributed by atoms with Crippen LogP contribution >= 0.6 is 0 Å². The molecule has 0 unspecified atom stereocenters. The van der Waals surface area contributed by atoms with Crippen molar-refractivity contribution in [2.24, 2.45) is 0 Å². The SMILES string of the molecule is Cc1ccc(C(=O)Nc2ccc([N+](=O)[O-])cc2)c(N)c1. The van der Waals surface area contributed by atoms with Gasteiger partial charge in [-0.05, 0) is 36.8 Å². The standard InChI is InChI=1S/C14H13N3O3/c1-9-2-7-12(13(15)8-9)14(18)16-10-3-5-11(6-4-10)17(19)20/h2-8H,15H2,1H3,(H,16,18). The van der Waals surface area contributed by atoms with Gasteiger partial charge in [-0.3, -0.25) is 14.9 Å². The molecule has 0 aliphatic carbocycles. The van der Waals surface area contributed by atoms with Crippen LogP contribution in [0.5, 0.6) is 0 Å². The van der Waals surface area contributed by atoms with E-state index in [1.54, 1.807) is 18.2 Å². The number of hydrogen-bond acceptors (Lipinski definition) is 4. The van der Waals surface area contributed by atoms with Gasteiger partial charge in [0.05, 0.1) is 10.5 Å². The van der Waals surface area contributed by atoms with Crippen LogP contribution in [0.25, 0.3) is 0 Å². The summed E-state index contributed by atoms with van der Waals surface area (Å²) in [4.78, 5) is 22.1. The smallest absolute Gasteiger partial charge is 0.269 e. The Hall–Kier alpha value is -2.89. The van der Waals surface area contributed by atoms with E-state index in [1.807, 2.05) is 6.92 Å². The third kappa shape index (κ3) is 2.92. The minimum atomic E-state index is -0.496. The summed E-state index contributed by atoms with van der Waals surface area (Å²) in [6.45, 7) is 1.88. The molecule has 20 heavy (non-hydrogen) atoms. The van der Waals surface area contributed by atoms with Gasteiger partial charge in [0.1, 0.15) is 0 Å². The van der Waals surface area contributed by atoms with Gasteiger partial charge >= 0.3 is 0 Å². The maximum absolute atomic E-state index is 12.0. The number of hydrogen-bond donors (Lipinski definition) is 2. The number of anilines is 2. The normalized spacial score (nSPS) is 10.1. The first kappa shape index (κ1) is 13.5. The van der Waals surface area contributed by atoms with Gasteiger partial charge in [-0.1, -0.05) is 6.07 Å². The van der Waals surface area contributed by atoms with Crippen molar-refractivity contribution in [2.45, 2.75) is 6.92 Å². The van der Waals surface area contributed by atoms with Crippen molar-refractivity contribution >= 4 is 23.0 Å². The lowest BCUT2D eigenvalue weighted by Crippen LogP contribution is -2.14. The zero-order valence-electron chi connectivity index (χ0n) is 10.8. The Morgan fingerprint density at radius 3 is 2.40 bits per heavy atom. The number of nitrogens with one attached hydrogen (secondary N) is 1. The van der Waals surface area contributed by atoms with E-state index in [0.717, 1.165) is 5.56 Å². The van der Waals surface area contributed by atoms with Crippen molar-refractivity contribution in [1.82, 2.24) is 0 Å². The third-order valence-corrected chi connectivity index (χ3v) is 2.79. The molecule has 0 heterocycles. The fraction of sp³-hybridized carbons (Fsp3) is 0.0714. The molecule has 2 aromatic rings. The van der Waals surface area contributed by atoms with Crippen molar-refractivity contribution in [3.8, 4) is 0 Å². The van der Waals surface area contributed by atoms with Crippen LogP contribution in [0.1, 0.15) is 15.9 Å². The molecule has 0 saturated heterocycles. The first-order valence-electron chi connectivity index (χ1n) is 5.89. The monoisotopic (exact) mass is 271 g/mol. The maximum atomic E-state index is 12.0. The lowest BCUT2D eigenvalue weighted by Gasteiger charge is -2.08. The summed E-state index contributed by atoms with van der Waals surface area (Å²) >= 11 is 0. The van der Waals surface area contributed by atoms with E-state index >= 15 is 0 Å². The number of carbonyl (C=O) groups excluding carboxylic acids is 1. The Kier molecular flexibility index (Phi) is 3.65. The van der Waals surface area contributed by atoms with Gasteiger partial charge in [-0.2, -0.15) is 0 Å². The summed E-state index contributed by atoms with van der Waals surface area (Å²) in [5.41, 5.74) is 7.96. The number of nitrogens with zero attached hydrogens (tertiary/aromatic N) is 1. The molecule has 0 atom stereocenters. The van der Waals surface area contributed by atoms with Crippen molar-refractivity contribution < 1.29 is 9.72 Å². The molecule has 0 aliphatic heterocycles. The molecular formula is C14H13N3O3. The van der Waals surface area contributed by atoms with Gasteiger partial charge in [0.25, 0.3) is 11.6 Å². The summed E-state index contributed by atoms with van der Waals surface area (Å²) in [5, 5.41) is 13.2. The van der Waals surface area contributed by atoms with Gasteiger partial charge in [-0.25, -0.2) is 0 Å². The number of non-ortho nitro benzene ring substituents is 1. The number of carbonyl (C=O) groups is 1. The van der Waals surface area contributed by atoms with Crippen LogP contribution in [0.4, 0.5) is 17.1 Å². The molecule has 0 fully saturated rings. The van der Waals surface area contributed by atoms with Crippen LogP contribution in [-0.4, -0.2) is 10.8 Å². The topological polar surface area (TPSA) is 98.3 Å². The van der Waals surface area contributed by atoms with E-state index in [-0.39, 0.29) is 11.6 Å². The van der Waals surface area contributed by atoms with E-state index in [2.05, 4.69) is 5.32 Å². The molecule has 0 radical (unpaired) electrons. The first-order valence-corrected chi connectivity index (χ1v) is 5.89. The maximum Gasteiger partial charge on any atom is 0.269 e. The number of nitro groups is 1. The van der Waals surface area contributed by atoms with Crippen molar-refractivity contribution in [2.75, 3.05) is 11.1 Å². The number of rotatable bonds is 3. The average Bonchev–Trinajstić information content (AvgIpc) is 2.39. The van der Waals surface area contributed by atoms with Gasteiger partial charge in [-0.15, -0.1) is 0 Å². The van der Waals surface area contributed by atoms with Crippen LogP contribution in [-0.2, 0) is 0 Å². The molecule has 102 valence electrons. The minimum absolute atomic E-state index is 0.0298. The van der Waals surface area contributed by atoms with Crippen LogP contribution in [0.2, 0.25) is 0 Å². The van der Waals surface area contributed by atoms with Gasteiger partial charge in [0.2, 0.25) is 0 Å². The fourth-order valence-corrected chi connectivity index (χ4v) is 1.75. The van der Waals surface area contributed by atoms with Crippen molar-refractivity contribution in [3.63, 3.8) is 0 Å². The van der Waals surface area contributed by atoms with Crippen LogP contribution in [0.15, 0.2) is 42.5 Å². The molecule has 0 spiro atoms. The highest BCUT2D eigenvalue weighted by atomic mass is 16.6. The predicted octanol–water partition coefficient (Wildman–Crippen LogP) is 2.74. The van der Waals surface area contributed by atoms with E-state index < -0.39 is 4.92 Å². The lowest BCUT2D eigenvalue weighted by atomic mass is 10.1. The van der Waals surface area contributed by atoms with Gasteiger partial charge < -0.3 is 11.1 Å². The van der Waals surface area contributed by atoms with E-state index in [4.69, 9.17) is 5.73 Å². The first-order chi connectivity index (χ1) is 9.47. The number of nitrogens with two attached hydrogens (primary N) is 1. The number of benzene rings is 2. The molecule has 6 heteroatoms. The molecule has 0 aliphatic rings. The molecule has 2 rings (SSSR count). The summed E-state index contributed by atoms with van der Waals surface area (Å²) < 4.78 is 0. The van der Waals surface area contributed by atoms with E-state index in [1.165, 1.54) is 24.3 Å². The van der Waals surface area contributed by atoms with Crippen LogP contribution < -0.4 is 11.1 Å². The number of nitrogen functional groups attached to an aromatic ring is 1. The molecule has 0 aromatic heterocycles. The summed E-state index contributed by atoms with van der Waals surface area (Å²) in [6.07, 6.45) is 0. The molecule has 6 nitrogen and oxygen atoms in total. The average molecular weight is 271 g/mol. The summed E-state index contributed by atoms with van der Waals surface area (Å²) in [6, 6.07) is 10.8. The summed E-state index contributed by atoms with van der Waals surface area (Å²) in [7, 11) is 0. The highest BCUT2D eigenvalue weighted by Crippen LogP contribution is 2.18. The Labute approximate surface area is 115 Å². The van der Waals surface area contributed by atoms with Crippen LogP contribution in [0, 0.1) is 17.0 Å². The van der Waals surface area contributed by atoms with E-state index in [9.17, 15) is 14.9 Å². The Morgan fingerprint density at radius 1 is 1.20 bits per heavy atom. The Morgan fingerprint density at radius 2 is 1.85 bits per heavy atom. The second kappa shape index (κ2) is 5.40. The molecule has 1 amide bonds. The molecular weight excluding hydrogens is 258 g/mol. The van der Waals surface area contributed by atoms with Gasteiger partial charge in [0, 0.05) is 23.5 Å². The number of aryl methyl sites for hydroxylation is 1. The molecule has 3 N–H and O–H groups in total. The highest BCUT2D eigenvalue weighted by molar-refractivity contribution is 6.07.